The molecule has 3 saturated carbocycles. The number of methoxy groups -OCH3 is 1. The average Bonchev–Trinajstić information content (AvgIpc) is 2.68. The number of amides is 1. The van der Waals surface area contributed by atoms with Gasteiger partial charge in [-0.15, -0.1) is 0 Å². The van der Waals surface area contributed by atoms with Crippen molar-refractivity contribution in [1.29, 1.82) is 0 Å². The molecule has 1 amide bonds. The molecule has 3 fully saturated rings. The minimum absolute atomic E-state index is 0.0854. The summed E-state index contributed by atoms with van der Waals surface area (Å²) in [5.74, 6) is -0.624. The van der Waals surface area contributed by atoms with E-state index in [0.717, 1.165) is 4.57 Å². The van der Waals surface area contributed by atoms with E-state index in [2.05, 4.69) is 10.3 Å². The number of nitrogen functional groups attached to an aromatic ring is 1. The summed E-state index contributed by atoms with van der Waals surface area (Å²) in [7, 11) is 1.39. The first-order valence-electron chi connectivity index (χ1n) is 9.31. The minimum atomic E-state index is -0.625. The fourth-order valence-electron chi connectivity index (χ4n) is 4.43. The third-order valence-corrected chi connectivity index (χ3v) is 6.25. The van der Waals surface area contributed by atoms with Gasteiger partial charge in [-0.25, -0.2) is 4.79 Å². The second-order valence-electron chi connectivity index (χ2n) is 7.68. The van der Waals surface area contributed by atoms with Crippen molar-refractivity contribution >= 4 is 23.4 Å². The average molecular weight is 378 g/mol. The van der Waals surface area contributed by atoms with Crippen molar-refractivity contribution in [3.63, 3.8) is 0 Å². The summed E-state index contributed by atoms with van der Waals surface area (Å²) in [6.07, 6.45) is 4.04. The number of ether oxygens (including phenoxy) is 1. The van der Waals surface area contributed by atoms with Gasteiger partial charge in [0, 0.05) is 12.0 Å². The Labute approximate surface area is 156 Å². The number of esters is 1. The molecule has 0 atom stereocenters. The zero-order chi connectivity index (χ0) is 19.8. The molecule has 1 heterocycles. The lowest BCUT2D eigenvalue weighted by atomic mass is 9.53. The van der Waals surface area contributed by atoms with Gasteiger partial charge in [0.05, 0.1) is 12.5 Å². The van der Waals surface area contributed by atoms with Gasteiger partial charge in [-0.3, -0.25) is 23.9 Å². The highest BCUT2D eigenvalue weighted by atomic mass is 16.5. The Morgan fingerprint density at radius 3 is 2.22 bits per heavy atom. The fourth-order valence-corrected chi connectivity index (χ4v) is 4.43. The van der Waals surface area contributed by atoms with Crippen LogP contribution in [-0.2, 0) is 20.9 Å². The highest BCUT2D eigenvalue weighted by Gasteiger charge is 2.56. The Bertz CT molecular complexity index is 860. The van der Waals surface area contributed by atoms with E-state index in [1.807, 2.05) is 6.92 Å². The van der Waals surface area contributed by atoms with Gasteiger partial charge in [0.25, 0.3) is 5.56 Å². The number of carbonyl (C=O) groups is 2. The molecule has 9 heteroatoms. The van der Waals surface area contributed by atoms with Crippen LogP contribution in [0.2, 0.25) is 0 Å². The number of hydrogen-bond donors (Lipinski definition) is 3. The number of H-pyrrole nitrogens is 1. The minimum Gasteiger partial charge on any atom is -0.469 e. The first-order chi connectivity index (χ1) is 12.8. The Balaban J connectivity index is 1.84. The van der Waals surface area contributed by atoms with Crippen molar-refractivity contribution in [2.45, 2.75) is 58.4 Å². The van der Waals surface area contributed by atoms with E-state index >= 15 is 0 Å². The molecule has 3 aliphatic rings. The van der Waals surface area contributed by atoms with Crippen LogP contribution in [0.3, 0.4) is 0 Å². The lowest BCUT2D eigenvalue weighted by Gasteiger charge is -2.50. The Hall–Kier alpha value is -2.58. The number of rotatable bonds is 5. The van der Waals surface area contributed by atoms with Crippen molar-refractivity contribution in [2.24, 2.45) is 10.8 Å². The van der Waals surface area contributed by atoms with E-state index in [4.69, 9.17) is 10.5 Å². The third-order valence-electron chi connectivity index (χ3n) is 6.25. The monoisotopic (exact) mass is 378 g/mol. The van der Waals surface area contributed by atoms with E-state index in [9.17, 15) is 19.2 Å². The van der Waals surface area contributed by atoms with Crippen molar-refractivity contribution in [1.82, 2.24) is 9.55 Å². The lowest BCUT2D eigenvalue weighted by Crippen LogP contribution is -2.51. The van der Waals surface area contributed by atoms with Crippen LogP contribution in [-0.4, -0.2) is 28.5 Å². The first-order valence-corrected chi connectivity index (χ1v) is 9.31. The number of aromatic amines is 1. The molecular weight excluding hydrogens is 352 g/mol. The summed E-state index contributed by atoms with van der Waals surface area (Å²) in [6, 6.07) is 0. The number of nitrogens with one attached hydrogen (secondary N) is 2. The Kier molecular flexibility index (Phi) is 4.88. The Morgan fingerprint density at radius 2 is 1.70 bits per heavy atom. The van der Waals surface area contributed by atoms with Gasteiger partial charge >= 0.3 is 11.7 Å². The molecule has 4 N–H and O–H groups in total. The molecule has 9 nitrogen and oxygen atoms in total. The van der Waals surface area contributed by atoms with Crippen LogP contribution in [0.25, 0.3) is 0 Å². The molecule has 0 unspecified atom stereocenters. The Morgan fingerprint density at radius 1 is 1.15 bits per heavy atom. The maximum Gasteiger partial charge on any atom is 0.330 e. The number of nitrogens with two attached hydrogens (primary N) is 1. The summed E-state index contributed by atoms with van der Waals surface area (Å²) < 4.78 is 5.98. The molecule has 4 rings (SSSR count). The SMILES string of the molecule is CCCn1c(=O)[nH]c(N)c(NC(=O)C23CCC(C(=O)OC)(CC2)CC3)c1=O. The van der Waals surface area contributed by atoms with E-state index in [1.165, 1.54) is 7.11 Å². The van der Waals surface area contributed by atoms with Gasteiger partial charge < -0.3 is 15.8 Å². The van der Waals surface area contributed by atoms with Crippen LogP contribution < -0.4 is 22.3 Å². The van der Waals surface area contributed by atoms with Gasteiger partial charge in [-0.05, 0) is 44.9 Å². The number of nitrogens with zero attached hydrogens (tertiary/aromatic N) is 1. The number of fused-ring (bicyclic) bond motifs is 3. The van der Waals surface area contributed by atoms with Crippen molar-refractivity contribution in [2.75, 3.05) is 18.2 Å². The summed E-state index contributed by atoms with van der Waals surface area (Å²) >= 11 is 0. The summed E-state index contributed by atoms with van der Waals surface area (Å²) in [4.78, 5) is 52.1. The van der Waals surface area contributed by atoms with Crippen LogP contribution in [0.4, 0.5) is 11.5 Å². The molecule has 0 radical (unpaired) electrons. The van der Waals surface area contributed by atoms with Crippen LogP contribution in [0.1, 0.15) is 51.9 Å². The van der Waals surface area contributed by atoms with E-state index in [0.29, 0.717) is 44.9 Å². The summed E-state index contributed by atoms with van der Waals surface area (Å²) in [6.45, 7) is 2.08. The standard InChI is InChI=1S/C18H26N4O5/c1-3-10-22-13(23)11(12(19)21-16(22)26)20-14(24)17-4-7-18(8-5-17,9-6-17)15(25)27-2/h3-10,19H2,1-2H3,(H,20,24)(H,21,26). The van der Waals surface area contributed by atoms with E-state index in [-0.39, 0.29) is 29.9 Å². The highest BCUT2D eigenvalue weighted by molar-refractivity contribution is 5.97. The molecule has 0 aliphatic heterocycles. The largest absolute Gasteiger partial charge is 0.469 e. The van der Waals surface area contributed by atoms with E-state index < -0.39 is 22.1 Å². The van der Waals surface area contributed by atoms with Gasteiger partial charge in [0.2, 0.25) is 5.91 Å². The normalized spacial score (nSPS) is 26.6. The number of anilines is 2. The topological polar surface area (TPSA) is 136 Å². The number of hydrogen-bond acceptors (Lipinski definition) is 6. The zero-order valence-electron chi connectivity index (χ0n) is 15.7. The smallest absolute Gasteiger partial charge is 0.330 e. The van der Waals surface area contributed by atoms with Crippen molar-refractivity contribution in [3.8, 4) is 0 Å². The van der Waals surface area contributed by atoms with Crippen LogP contribution in [0, 0.1) is 10.8 Å². The second kappa shape index (κ2) is 6.86. The number of carbonyl (C=O) groups excluding carboxylic acids is 2. The maximum atomic E-state index is 13.0. The van der Waals surface area contributed by atoms with Gasteiger partial charge in [0.15, 0.2) is 0 Å². The zero-order valence-corrected chi connectivity index (χ0v) is 15.7. The molecule has 2 bridgehead atoms. The quantitative estimate of drug-likeness (QED) is 0.653. The number of aromatic nitrogens is 2. The molecule has 27 heavy (non-hydrogen) atoms. The summed E-state index contributed by atoms with van der Waals surface area (Å²) in [5.41, 5.74) is 3.41. The molecule has 0 spiro atoms. The highest BCUT2D eigenvalue weighted by Crippen LogP contribution is 2.57. The van der Waals surface area contributed by atoms with Gasteiger partial charge in [0.1, 0.15) is 11.5 Å². The molecule has 0 aromatic carbocycles. The molecule has 1 aromatic rings. The fraction of sp³-hybridized carbons (Fsp3) is 0.667. The lowest BCUT2D eigenvalue weighted by molar-refractivity contribution is -0.165. The molecule has 0 saturated heterocycles. The van der Waals surface area contributed by atoms with Gasteiger partial charge in [-0.2, -0.15) is 0 Å². The maximum absolute atomic E-state index is 13.0. The third kappa shape index (κ3) is 3.04. The van der Waals surface area contributed by atoms with Crippen LogP contribution in [0.15, 0.2) is 9.59 Å². The molecule has 1 aromatic heterocycles. The van der Waals surface area contributed by atoms with Crippen LogP contribution >= 0.6 is 0 Å². The van der Waals surface area contributed by atoms with Crippen LogP contribution in [0.5, 0.6) is 0 Å². The van der Waals surface area contributed by atoms with Crippen molar-refractivity contribution < 1.29 is 14.3 Å². The molecular formula is C18H26N4O5. The predicted octanol–water partition coefficient (Wildman–Crippen LogP) is 0.981. The summed E-state index contributed by atoms with van der Waals surface area (Å²) in [5, 5.41) is 2.66. The second-order valence-corrected chi connectivity index (χ2v) is 7.68. The molecule has 148 valence electrons. The van der Waals surface area contributed by atoms with E-state index in [1.54, 1.807) is 0 Å². The predicted molar refractivity (Wildman–Crippen MR) is 99.2 cm³/mol. The molecule has 3 aliphatic carbocycles. The first kappa shape index (κ1) is 19.2. The van der Waals surface area contributed by atoms with Crippen molar-refractivity contribution in [3.05, 3.63) is 20.8 Å². The van der Waals surface area contributed by atoms with Gasteiger partial charge in [-0.1, -0.05) is 6.92 Å².